The first-order chi connectivity index (χ1) is 14.4. The van der Waals surface area contributed by atoms with Crippen LogP contribution in [0.5, 0.6) is 17.2 Å². The highest BCUT2D eigenvalue weighted by Crippen LogP contribution is 2.29. The second-order valence-electron chi connectivity index (χ2n) is 6.05. The van der Waals surface area contributed by atoms with Crippen LogP contribution >= 0.6 is 15.9 Å². The molecule has 3 rings (SSSR count). The maximum Gasteiger partial charge on any atom is 0.387 e. The maximum atomic E-state index is 12.4. The highest BCUT2D eigenvalue weighted by Gasteiger charge is 2.14. The van der Waals surface area contributed by atoms with Crippen LogP contribution in [0.4, 0.5) is 8.78 Å². The van der Waals surface area contributed by atoms with E-state index in [4.69, 9.17) is 13.9 Å². The molecule has 6 nitrogen and oxygen atoms in total. The first kappa shape index (κ1) is 21.6. The van der Waals surface area contributed by atoms with E-state index in [1.807, 2.05) is 24.3 Å². The highest BCUT2D eigenvalue weighted by molar-refractivity contribution is 9.10. The molecule has 1 heterocycles. The Bertz CT molecular complexity index is 991. The minimum absolute atomic E-state index is 0.0796. The Labute approximate surface area is 179 Å². The van der Waals surface area contributed by atoms with Crippen molar-refractivity contribution in [3.05, 3.63) is 76.2 Å². The normalized spacial score (nSPS) is 10.7. The topological polar surface area (TPSA) is 69.9 Å². The molecule has 1 aromatic heterocycles. The molecule has 0 aliphatic carbocycles. The van der Waals surface area contributed by atoms with Crippen LogP contribution in [0.25, 0.3) is 0 Å². The van der Waals surface area contributed by atoms with Gasteiger partial charge >= 0.3 is 6.61 Å². The number of rotatable bonds is 9. The molecule has 0 aliphatic rings. The molecule has 3 aromatic rings. The Balaban J connectivity index is 1.54. The number of hydrogen-bond acceptors (Lipinski definition) is 5. The van der Waals surface area contributed by atoms with Gasteiger partial charge in [-0.1, -0.05) is 22.0 Å². The van der Waals surface area contributed by atoms with Crippen LogP contribution < -0.4 is 19.5 Å². The van der Waals surface area contributed by atoms with Crippen molar-refractivity contribution in [1.82, 2.24) is 5.32 Å². The van der Waals surface area contributed by atoms with Crippen molar-refractivity contribution in [3.8, 4) is 17.2 Å². The van der Waals surface area contributed by atoms with Gasteiger partial charge in [0.05, 0.1) is 7.11 Å². The number of methoxy groups -OCH3 is 1. The lowest BCUT2D eigenvalue weighted by molar-refractivity contribution is -0.0512. The van der Waals surface area contributed by atoms with E-state index in [1.165, 1.54) is 19.2 Å². The highest BCUT2D eigenvalue weighted by atomic mass is 79.9. The molecule has 0 spiro atoms. The molecule has 1 amide bonds. The largest absolute Gasteiger partial charge is 0.493 e. The zero-order valence-corrected chi connectivity index (χ0v) is 17.4. The van der Waals surface area contributed by atoms with E-state index in [9.17, 15) is 13.6 Å². The lowest BCUT2D eigenvalue weighted by atomic mass is 10.2. The molecule has 0 unspecified atom stereocenters. The Hall–Kier alpha value is -3.07. The summed E-state index contributed by atoms with van der Waals surface area (Å²) >= 11 is 3.35. The Kier molecular flexibility index (Phi) is 7.29. The van der Waals surface area contributed by atoms with E-state index < -0.39 is 12.5 Å². The lowest BCUT2D eigenvalue weighted by Gasteiger charge is -2.11. The summed E-state index contributed by atoms with van der Waals surface area (Å²) in [7, 11) is 1.34. The molecule has 1 N–H and O–H groups in total. The van der Waals surface area contributed by atoms with Crippen LogP contribution in [0.1, 0.15) is 21.9 Å². The number of benzene rings is 2. The number of carbonyl (C=O) groups excluding carboxylic acids is 1. The zero-order valence-electron chi connectivity index (χ0n) is 15.9. The van der Waals surface area contributed by atoms with E-state index in [-0.39, 0.29) is 30.4 Å². The molecule has 30 heavy (non-hydrogen) atoms. The van der Waals surface area contributed by atoms with Crippen LogP contribution in [-0.2, 0) is 13.2 Å². The SMILES string of the molecule is COc1cc(CNC(=O)c2ccc(COc3ccc(Br)cc3)o2)ccc1OC(F)F. The van der Waals surface area contributed by atoms with Gasteiger partial charge in [-0.05, 0) is 54.1 Å². The van der Waals surface area contributed by atoms with E-state index in [0.717, 1.165) is 4.47 Å². The van der Waals surface area contributed by atoms with E-state index >= 15 is 0 Å². The Morgan fingerprint density at radius 2 is 1.87 bits per heavy atom. The van der Waals surface area contributed by atoms with Crippen molar-refractivity contribution >= 4 is 21.8 Å². The van der Waals surface area contributed by atoms with Gasteiger partial charge in [-0.15, -0.1) is 0 Å². The van der Waals surface area contributed by atoms with Crippen molar-refractivity contribution in [3.63, 3.8) is 0 Å². The fraction of sp³-hybridized carbons (Fsp3) is 0.190. The first-order valence-corrected chi connectivity index (χ1v) is 9.61. The Morgan fingerprint density at radius 3 is 2.57 bits per heavy atom. The fourth-order valence-corrected chi connectivity index (χ4v) is 2.81. The predicted octanol–water partition coefficient (Wildman–Crippen LogP) is 5.16. The molecule has 0 bridgehead atoms. The van der Waals surface area contributed by atoms with Gasteiger partial charge < -0.3 is 23.9 Å². The number of ether oxygens (including phenoxy) is 3. The fourth-order valence-electron chi connectivity index (χ4n) is 2.55. The van der Waals surface area contributed by atoms with Gasteiger partial charge in [0.2, 0.25) is 0 Å². The standard InChI is InChI=1S/C21H18BrF2NO5/c1-27-19-10-13(2-8-17(19)30-21(23)24)11-25-20(26)18-9-7-16(29-18)12-28-15-5-3-14(22)4-6-15/h2-10,21H,11-12H2,1H3,(H,25,26). The number of halogens is 3. The molecule has 0 radical (unpaired) electrons. The summed E-state index contributed by atoms with van der Waals surface area (Å²) in [6.45, 7) is -2.63. The monoisotopic (exact) mass is 481 g/mol. The maximum absolute atomic E-state index is 12.4. The number of carbonyl (C=O) groups is 1. The summed E-state index contributed by atoms with van der Waals surface area (Å²) in [6, 6.07) is 15.0. The molecule has 9 heteroatoms. The summed E-state index contributed by atoms with van der Waals surface area (Å²) in [5.41, 5.74) is 0.646. The van der Waals surface area contributed by atoms with E-state index in [1.54, 1.807) is 18.2 Å². The first-order valence-electron chi connectivity index (χ1n) is 8.81. The summed E-state index contributed by atoms with van der Waals surface area (Å²) in [4.78, 5) is 12.3. The molecule has 0 saturated heterocycles. The zero-order chi connectivity index (χ0) is 21.5. The molecular weight excluding hydrogens is 464 g/mol. The van der Waals surface area contributed by atoms with Crippen LogP contribution in [0.3, 0.4) is 0 Å². The molecule has 0 aliphatic heterocycles. The molecule has 0 atom stereocenters. The minimum Gasteiger partial charge on any atom is -0.493 e. The van der Waals surface area contributed by atoms with Gasteiger partial charge in [0, 0.05) is 11.0 Å². The van der Waals surface area contributed by atoms with Crippen LogP contribution in [0.15, 0.2) is 63.5 Å². The van der Waals surface area contributed by atoms with Crippen molar-refractivity contribution in [2.75, 3.05) is 7.11 Å². The molecule has 158 valence electrons. The molecular formula is C21H18BrF2NO5. The van der Waals surface area contributed by atoms with Crippen molar-refractivity contribution < 1.29 is 32.2 Å². The average Bonchev–Trinajstić information content (AvgIpc) is 3.21. The third-order valence-electron chi connectivity index (χ3n) is 3.98. The number of alkyl halides is 2. The second kappa shape index (κ2) is 10.1. The van der Waals surface area contributed by atoms with Gasteiger partial charge in [-0.25, -0.2) is 0 Å². The summed E-state index contributed by atoms with van der Waals surface area (Å²) in [6.07, 6.45) is 0. The van der Waals surface area contributed by atoms with Crippen LogP contribution in [-0.4, -0.2) is 19.6 Å². The van der Waals surface area contributed by atoms with E-state index in [2.05, 4.69) is 26.0 Å². The number of nitrogens with one attached hydrogen (secondary N) is 1. The lowest BCUT2D eigenvalue weighted by Crippen LogP contribution is -2.22. The number of hydrogen-bond donors (Lipinski definition) is 1. The number of furan rings is 1. The number of amides is 1. The van der Waals surface area contributed by atoms with Gasteiger partial charge in [0.15, 0.2) is 17.3 Å². The van der Waals surface area contributed by atoms with Crippen LogP contribution in [0, 0.1) is 0 Å². The smallest absolute Gasteiger partial charge is 0.387 e. The van der Waals surface area contributed by atoms with E-state index in [0.29, 0.717) is 17.1 Å². The minimum atomic E-state index is -2.95. The third kappa shape index (κ3) is 5.96. The van der Waals surface area contributed by atoms with Crippen molar-refractivity contribution in [1.29, 1.82) is 0 Å². The second-order valence-corrected chi connectivity index (χ2v) is 6.97. The summed E-state index contributed by atoms with van der Waals surface area (Å²) in [5.74, 6) is 0.953. The van der Waals surface area contributed by atoms with Gasteiger partial charge in [0.1, 0.15) is 18.1 Å². The quantitative estimate of drug-likeness (QED) is 0.457. The van der Waals surface area contributed by atoms with Gasteiger partial charge in [0.25, 0.3) is 5.91 Å². The molecule has 0 saturated carbocycles. The summed E-state index contributed by atoms with van der Waals surface area (Å²) < 4.78 is 46.3. The third-order valence-corrected chi connectivity index (χ3v) is 4.51. The van der Waals surface area contributed by atoms with Crippen molar-refractivity contribution in [2.24, 2.45) is 0 Å². The van der Waals surface area contributed by atoms with Gasteiger partial charge in [-0.2, -0.15) is 8.78 Å². The predicted molar refractivity (Wildman–Crippen MR) is 108 cm³/mol. The van der Waals surface area contributed by atoms with Crippen molar-refractivity contribution in [2.45, 2.75) is 19.8 Å². The molecule has 2 aromatic carbocycles. The van der Waals surface area contributed by atoms with Crippen LogP contribution in [0.2, 0.25) is 0 Å². The average molecular weight is 482 g/mol. The van der Waals surface area contributed by atoms with Gasteiger partial charge in [-0.3, -0.25) is 4.79 Å². The Morgan fingerprint density at radius 1 is 1.10 bits per heavy atom. The summed E-state index contributed by atoms with van der Waals surface area (Å²) in [5, 5.41) is 2.70. The molecule has 0 fully saturated rings.